The van der Waals surface area contributed by atoms with Crippen molar-refractivity contribution in [2.24, 2.45) is 5.92 Å². The van der Waals surface area contributed by atoms with E-state index in [0.717, 1.165) is 5.56 Å². The molecule has 10 heteroatoms. The van der Waals surface area contributed by atoms with Crippen LogP contribution in [0.5, 0.6) is 0 Å². The molecule has 0 spiro atoms. The molecule has 4 aliphatic heterocycles. The maximum Gasteiger partial charge on any atom is 0.352 e. The molecule has 10 nitrogen and oxygen atoms in total. The number of hydrogen-bond donors (Lipinski definition) is 2. The summed E-state index contributed by atoms with van der Waals surface area (Å²) in [6.45, 7) is 1.45. The molecule has 1 aromatic carbocycles. The molecule has 0 aliphatic carbocycles. The van der Waals surface area contributed by atoms with E-state index in [1.807, 2.05) is 0 Å². The van der Waals surface area contributed by atoms with E-state index in [0.29, 0.717) is 43.6 Å². The molecule has 4 aliphatic rings. The van der Waals surface area contributed by atoms with E-state index in [2.05, 4.69) is 5.32 Å². The maximum atomic E-state index is 12.9. The van der Waals surface area contributed by atoms with E-state index < -0.39 is 10.9 Å². The van der Waals surface area contributed by atoms with Crippen molar-refractivity contribution in [2.45, 2.75) is 31.5 Å². The third-order valence-electron chi connectivity index (χ3n) is 6.54. The minimum Gasteiger partial charge on any atom is -0.477 e. The Balaban J connectivity index is 1.37. The van der Waals surface area contributed by atoms with Crippen molar-refractivity contribution in [3.63, 3.8) is 0 Å². The predicted octanol–water partition coefficient (Wildman–Crippen LogP) is 0.795. The highest BCUT2D eigenvalue weighted by molar-refractivity contribution is 6.02. The smallest absolute Gasteiger partial charge is 0.352 e. The van der Waals surface area contributed by atoms with E-state index in [1.54, 1.807) is 23.1 Å². The van der Waals surface area contributed by atoms with Gasteiger partial charge in [0.1, 0.15) is 11.7 Å². The number of nitrogens with zero attached hydrogens (tertiary/aromatic N) is 3. The molecular formula is C21H20N4O6. The van der Waals surface area contributed by atoms with Gasteiger partial charge in [0.25, 0.3) is 5.69 Å². The molecule has 3 atom stereocenters. The number of benzene rings is 1. The van der Waals surface area contributed by atoms with Gasteiger partial charge in [-0.1, -0.05) is 12.1 Å². The number of hydrogen-bond acceptors (Lipinski definition) is 6. The van der Waals surface area contributed by atoms with E-state index in [9.17, 15) is 29.6 Å². The van der Waals surface area contributed by atoms with Crippen molar-refractivity contribution < 1.29 is 24.4 Å². The summed E-state index contributed by atoms with van der Waals surface area (Å²) in [4.78, 5) is 50.5. The zero-order chi connectivity index (χ0) is 21.9. The van der Waals surface area contributed by atoms with Gasteiger partial charge in [-0.15, -0.1) is 0 Å². The number of carbonyl (C=O) groups is 3. The molecule has 1 aromatic rings. The summed E-state index contributed by atoms with van der Waals surface area (Å²) in [6, 6.07) is 5.65. The zero-order valence-electron chi connectivity index (χ0n) is 16.5. The number of amides is 2. The number of β-lactam (4-membered cyclic amide) rings is 1. The van der Waals surface area contributed by atoms with Gasteiger partial charge in [-0.25, -0.2) is 4.79 Å². The average molecular weight is 424 g/mol. The summed E-state index contributed by atoms with van der Waals surface area (Å²) >= 11 is 0. The molecule has 3 saturated heterocycles. The lowest BCUT2D eigenvalue weighted by molar-refractivity contribution is -0.384. The van der Waals surface area contributed by atoms with E-state index in [4.69, 9.17) is 0 Å². The van der Waals surface area contributed by atoms with Crippen LogP contribution in [-0.4, -0.2) is 62.8 Å². The first kappa shape index (κ1) is 19.4. The number of nitro groups is 1. The Kier molecular flexibility index (Phi) is 4.40. The Bertz CT molecular complexity index is 1080. The lowest BCUT2D eigenvalue weighted by atomic mass is 9.79. The van der Waals surface area contributed by atoms with Crippen LogP contribution in [-0.2, 0) is 20.9 Å². The summed E-state index contributed by atoms with van der Waals surface area (Å²) in [5, 5.41) is 23.7. The number of non-ortho nitro benzene ring substituents is 1. The maximum absolute atomic E-state index is 12.9. The highest BCUT2D eigenvalue weighted by atomic mass is 16.6. The second-order valence-electron chi connectivity index (χ2n) is 8.30. The Morgan fingerprint density at radius 3 is 2.71 bits per heavy atom. The predicted molar refractivity (Wildman–Crippen MR) is 106 cm³/mol. The van der Waals surface area contributed by atoms with Crippen molar-refractivity contribution in [2.75, 3.05) is 13.1 Å². The summed E-state index contributed by atoms with van der Waals surface area (Å²) in [5.41, 5.74) is 1.79. The minimum absolute atomic E-state index is 0.00925. The number of allylic oxidation sites excluding steroid dienone is 2. The van der Waals surface area contributed by atoms with E-state index in [1.165, 1.54) is 17.0 Å². The molecule has 31 heavy (non-hydrogen) atoms. The third kappa shape index (κ3) is 3.02. The monoisotopic (exact) mass is 424 g/mol. The average Bonchev–Trinajstić information content (AvgIpc) is 3.30. The van der Waals surface area contributed by atoms with Crippen LogP contribution in [0.4, 0.5) is 5.69 Å². The molecular weight excluding hydrogens is 404 g/mol. The fraction of sp³-hybridized carbons (Fsp3) is 0.381. The topological polar surface area (TPSA) is 133 Å². The van der Waals surface area contributed by atoms with E-state index >= 15 is 0 Å². The first-order chi connectivity index (χ1) is 14.8. The number of likely N-dealkylation sites (tertiary alicyclic amines) is 1. The van der Waals surface area contributed by atoms with Crippen LogP contribution in [0.1, 0.15) is 18.4 Å². The number of carbonyl (C=O) groups excluding carboxylic acids is 2. The normalized spacial score (nSPS) is 28.3. The highest BCUT2D eigenvalue weighted by Gasteiger charge is 2.59. The first-order valence-electron chi connectivity index (χ1n) is 10.1. The Morgan fingerprint density at radius 1 is 1.29 bits per heavy atom. The molecule has 0 bridgehead atoms. The molecule has 0 radical (unpaired) electrons. The number of carboxylic acid groups (broad SMARTS) is 1. The van der Waals surface area contributed by atoms with E-state index in [-0.39, 0.29) is 41.2 Å². The number of carboxylic acids is 1. The Labute approximate surface area is 177 Å². The lowest BCUT2D eigenvalue weighted by Crippen LogP contribution is -2.68. The quantitative estimate of drug-likeness (QED) is 0.309. The molecule has 2 N–H and O–H groups in total. The van der Waals surface area contributed by atoms with Crippen LogP contribution >= 0.6 is 0 Å². The van der Waals surface area contributed by atoms with Crippen molar-refractivity contribution >= 4 is 23.5 Å². The Morgan fingerprint density at radius 2 is 2.03 bits per heavy atom. The molecule has 2 unspecified atom stereocenters. The zero-order valence-corrected chi connectivity index (χ0v) is 16.5. The van der Waals surface area contributed by atoms with Crippen molar-refractivity contribution in [1.82, 2.24) is 15.1 Å². The van der Waals surface area contributed by atoms with Gasteiger partial charge in [0.15, 0.2) is 0 Å². The second kappa shape index (κ2) is 7.02. The van der Waals surface area contributed by atoms with Crippen LogP contribution in [0.25, 0.3) is 0 Å². The first-order valence-corrected chi connectivity index (χ1v) is 10.1. The molecule has 160 valence electrons. The molecule has 3 fully saturated rings. The number of nitro benzene ring substituents is 1. The van der Waals surface area contributed by atoms with Crippen molar-refractivity contribution in [3.05, 3.63) is 62.9 Å². The molecule has 4 heterocycles. The third-order valence-corrected chi connectivity index (χ3v) is 6.54. The summed E-state index contributed by atoms with van der Waals surface area (Å²) in [5.74, 6) is -1.42. The van der Waals surface area contributed by atoms with Crippen LogP contribution < -0.4 is 5.32 Å². The molecule has 0 saturated carbocycles. The molecule has 5 rings (SSSR count). The summed E-state index contributed by atoms with van der Waals surface area (Å²) in [7, 11) is 0. The highest BCUT2D eigenvalue weighted by Crippen LogP contribution is 2.44. The standard InChI is InChI=1S/C21H20N4O6/c26-19-12(5-6-23(19)10-11-1-3-15(4-2-11)25(30)31)7-13-8-14-9-22-16-17(14)24(20(16)27)18(13)21(28)29/h1-4,7,14,16-17,22H,5-6,8-10H2,(H,28,29)/t14?,16?,17-/m1/s1. The SMILES string of the molecule is O=C(O)C1=C(C=C2CCN(Cc3ccc([N+](=O)[O-])cc3)C2=O)CC2CNC3C(=O)N1[C@H]23. The number of nitrogens with one attached hydrogen (secondary N) is 1. The van der Waals surface area contributed by atoms with Gasteiger partial charge in [-0.2, -0.15) is 0 Å². The lowest BCUT2D eigenvalue weighted by Gasteiger charge is -2.48. The second-order valence-corrected chi connectivity index (χ2v) is 8.30. The van der Waals surface area contributed by atoms with Crippen LogP contribution in [0.3, 0.4) is 0 Å². The molecule has 2 amide bonds. The van der Waals surface area contributed by atoms with Gasteiger partial charge in [-0.05, 0) is 36.0 Å². The van der Waals surface area contributed by atoms with Crippen LogP contribution in [0.15, 0.2) is 47.2 Å². The van der Waals surface area contributed by atoms with Crippen LogP contribution in [0.2, 0.25) is 0 Å². The fourth-order valence-electron chi connectivity index (χ4n) is 5.06. The van der Waals surface area contributed by atoms with Crippen LogP contribution in [0, 0.1) is 16.0 Å². The van der Waals surface area contributed by atoms with Gasteiger partial charge in [0, 0.05) is 37.3 Å². The van der Waals surface area contributed by atoms with Crippen molar-refractivity contribution in [3.8, 4) is 0 Å². The summed E-state index contributed by atoms with van der Waals surface area (Å²) in [6.07, 6.45) is 2.64. The number of aliphatic carboxylic acids is 1. The van der Waals surface area contributed by atoms with Gasteiger partial charge < -0.3 is 15.3 Å². The summed E-state index contributed by atoms with van der Waals surface area (Å²) < 4.78 is 0. The van der Waals surface area contributed by atoms with Gasteiger partial charge in [-0.3, -0.25) is 24.6 Å². The van der Waals surface area contributed by atoms with Gasteiger partial charge >= 0.3 is 5.97 Å². The van der Waals surface area contributed by atoms with Gasteiger partial charge in [0.2, 0.25) is 11.8 Å². The van der Waals surface area contributed by atoms with Crippen molar-refractivity contribution in [1.29, 1.82) is 0 Å². The Hall–Kier alpha value is -3.53. The number of rotatable bonds is 5. The molecule has 0 aromatic heterocycles. The largest absolute Gasteiger partial charge is 0.477 e. The van der Waals surface area contributed by atoms with Gasteiger partial charge in [0.05, 0.1) is 11.0 Å². The fourth-order valence-corrected chi connectivity index (χ4v) is 5.06. The minimum atomic E-state index is -1.16.